The van der Waals surface area contributed by atoms with Gasteiger partial charge in [-0.15, -0.1) is 0 Å². The van der Waals surface area contributed by atoms with E-state index < -0.39 is 9.84 Å². The van der Waals surface area contributed by atoms with Gasteiger partial charge in [0.1, 0.15) is 26.4 Å². The Morgan fingerprint density at radius 3 is 2.10 bits per heavy atom. The molecule has 154 valence electrons. The number of hydrogen-bond donors (Lipinski definition) is 1. The van der Waals surface area contributed by atoms with Crippen LogP contribution in [0.15, 0.2) is 41.3 Å². The van der Waals surface area contributed by atoms with Gasteiger partial charge in [0.15, 0.2) is 32.8 Å². The quantitative estimate of drug-likeness (QED) is 0.761. The third-order valence-electron chi connectivity index (χ3n) is 4.57. The number of rotatable bonds is 6. The van der Waals surface area contributed by atoms with Crippen LogP contribution in [0, 0.1) is 0 Å². The summed E-state index contributed by atoms with van der Waals surface area (Å²) < 4.78 is 46.9. The van der Waals surface area contributed by atoms with Crippen LogP contribution in [0.4, 0.5) is 0 Å². The standard InChI is InChI=1S/C20H21NO7S/c22-20(21-13-14-1-3-16-18(11-14)27-8-6-25-16)5-10-29(23,24)15-2-4-17-19(12-15)28-9-7-26-17/h1-4,11-12H,5-10,13H2,(H,21,22). The van der Waals surface area contributed by atoms with Crippen LogP contribution in [-0.4, -0.2) is 46.5 Å². The minimum absolute atomic E-state index is 0.112. The van der Waals surface area contributed by atoms with Crippen molar-refractivity contribution in [2.24, 2.45) is 0 Å². The highest BCUT2D eigenvalue weighted by atomic mass is 32.2. The normalized spacial score (nSPS) is 14.9. The first-order valence-electron chi connectivity index (χ1n) is 9.29. The fourth-order valence-electron chi connectivity index (χ4n) is 3.05. The third kappa shape index (κ3) is 4.56. The summed E-state index contributed by atoms with van der Waals surface area (Å²) in [6, 6.07) is 9.92. The molecule has 0 unspecified atom stereocenters. The number of benzene rings is 2. The van der Waals surface area contributed by atoms with E-state index in [0.29, 0.717) is 49.4 Å². The molecule has 2 heterocycles. The second-order valence-electron chi connectivity index (χ2n) is 6.63. The molecule has 0 spiro atoms. The van der Waals surface area contributed by atoms with Gasteiger partial charge in [-0.3, -0.25) is 4.79 Å². The summed E-state index contributed by atoms with van der Waals surface area (Å²) in [5.41, 5.74) is 0.845. The van der Waals surface area contributed by atoms with Crippen molar-refractivity contribution in [3.05, 3.63) is 42.0 Å². The van der Waals surface area contributed by atoms with Gasteiger partial charge in [0, 0.05) is 19.0 Å². The number of amides is 1. The minimum Gasteiger partial charge on any atom is -0.486 e. The lowest BCUT2D eigenvalue weighted by Gasteiger charge is -2.19. The molecule has 1 N–H and O–H groups in total. The first-order valence-corrected chi connectivity index (χ1v) is 10.9. The van der Waals surface area contributed by atoms with Gasteiger partial charge in [-0.05, 0) is 29.8 Å². The van der Waals surface area contributed by atoms with Crippen LogP contribution >= 0.6 is 0 Å². The van der Waals surface area contributed by atoms with Gasteiger partial charge < -0.3 is 24.3 Å². The zero-order valence-corrected chi connectivity index (χ0v) is 16.5. The number of sulfone groups is 1. The minimum atomic E-state index is -3.62. The van der Waals surface area contributed by atoms with E-state index in [0.717, 1.165) is 5.56 Å². The summed E-state index contributed by atoms with van der Waals surface area (Å²) in [6.45, 7) is 2.09. The van der Waals surface area contributed by atoms with Crippen molar-refractivity contribution < 1.29 is 32.2 Å². The molecule has 4 rings (SSSR count). The monoisotopic (exact) mass is 419 g/mol. The molecule has 0 aliphatic carbocycles. The summed E-state index contributed by atoms with van der Waals surface area (Å²) in [5, 5.41) is 2.74. The van der Waals surface area contributed by atoms with E-state index in [1.807, 2.05) is 6.07 Å². The van der Waals surface area contributed by atoms with E-state index in [2.05, 4.69) is 5.32 Å². The molecule has 0 radical (unpaired) electrons. The molecule has 29 heavy (non-hydrogen) atoms. The van der Waals surface area contributed by atoms with Gasteiger partial charge in [-0.25, -0.2) is 8.42 Å². The SMILES string of the molecule is O=C(CCS(=O)(=O)c1ccc2c(c1)OCCO2)NCc1ccc2c(c1)OCCO2. The summed E-state index contributed by atoms with van der Waals surface area (Å²) in [6.07, 6.45) is -0.138. The van der Waals surface area contributed by atoms with Crippen LogP contribution in [0.2, 0.25) is 0 Å². The molecule has 2 aliphatic rings. The number of carbonyl (C=O) groups excluding carboxylic acids is 1. The third-order valence-corrected chi connectivity index (χ3v) is 6.28. The molecule has 2 aromatic rings. The first kappa shape index (κ1) is 19.4. The summed E-state index contributed by atoms with van der Waals surface area (Å²) in [5.74, 6) is 1.61. The van der Waals surface area contributed by atoms with Crippen LogP contribution in [0.1, 0.15) is 12.0 Å². The molecular weight excluding hydrogens is 398 g/mol. The average Bonchev–Trinajstić information content (AvgIpc) is 2.76. The zero-order valence-electron chi connectivity index (χ0n) is 15.7. The topological polar surface area (TPSA) is 100 Å². The van der Waals surface area contributed by atoms with E-state index in [9.17, 15) is 13.2 Å². The number of hydrogen-bond acceptors (Lipinski definition) is 7. The molecule has 0 saturated carbocycles. The predicted octanol–water partition coefficient (Wildman–Crippen LogP) is 1.71. The first-order chi connectivity index (χ1) is 14.0. The van der Waals surface area contributed by atoms with Gasteiger partial charge in [0.05, 0.1) is 10.6 Å². The molecule has 2 aliphatic heterocycles. The molecule has 2 aromatic carbocycles. The van der Waals surface area contributed by atoms with Crippen molar-refractivity contribution in [3.8, 4) is 23.0 Å². The average molecular weight is 419 g/mol. The highest BCUT2D eigenvalue weighted by molar-refractivity contribution is 7.91. The lowest BCUT2D eigenvalue weighted by molar-refractivity contribution is -0.120. The van der Waals surface area contributed by atoms with Crippen molar-refractivity contribution in [1.29, 1.82) is 0 Å². The molecule has 1 amide bonds. The van der Waals surface area contributed by atoms with Crippen molar-refractivity contribution in [3.63, 3.8) is 0 Å². The smallest absolute Gasteiger partial charge is 0.221 e. The molecule has 8 nitrogen and oxygen atoms in total. The maximum absolute atomic E-state index is 12.6. The van der Waals surface area contributed by atoms with Crippen LogP contribution < -0.4 is 24.3 Å². The van der Waals surface area contributed by atoms with Crippen molar-refractivity contribution in [2.75, 3.05) is 32.2 Å². The Hall–Kier alpha value is -2.94. The Morgan fingerprint density at radius 2 is 1.41 bits per heavy atom. The number of fused-ring (bicyclic) bond motifs is 2. The van der Waals surface area contributed by atoms with Crippen molar-refractivity contribution in [2.45, 2.75) is 17.9 Å². The molecule has 0 fully saturated rings. The fraction of sp³-hybridized carbons (Fsp3) is 0.350. The maximum atomic E-state index is 12.6. The largest absolute Gasteiger partial charge is 0.486 e. The highest BCUT2D eigenvalue weighted by Crippen LogP contribution is 2.33. The van der Waals surface area contributed by atoms with Gasteiger partial charge in [0.25, 0.3) is 0 Å². The van der Waals surface area contributed by atoms with Crippen LogP contribution in [0.3, 0.4) is 0 Å². The van der Waals surface area contributed by atoms with E-state index in [-0.39, 0.29) is 29.5 Å². The maximum Gasteiger partial charge on any atom is 0.221 e. The van der Waals surface area contributed by atoms with E-state index in [4.69, 9.17) is 18.9 Å². The molecule has 9 heteroatoms. The molecular formula is C20H21NO7S. The van der Waals surface area contributed by atoms with Crippen molar-refractivity contribution in [1.82, 2.24) is 5.32 Å². The second-order valence-corrected chi connectivity index (χ2v) is 8.74. The lowest BCUT2D eigenvalue weighted by Crippen LogP contribution is -2.25. The van der Waals surface area contributed by atoms with Crippen molar-refractivity contribution >= 4 is 15.7 Å². The van der Waals surface area contributed by atoms with Crippen LogP contribution in [0.5, 0.6) is 23.0 Å². The Bertz CT molecular complexity index is 1020. The summed E-state index contributed by atoms with van der Waals surface area (Å²) in [7, 11) is -3.62. The number of nitrogens with one attached hydrogen (secondary N) is 1. The Balaban J connectivity index is 1.32. The van der Waals surface area contributed by atoms with E-state index >= 15 is 0 Å². The summed E-state index contributed by atoms with van der Waals surface area (Å²) >= 11 is 0. The Morgan fingerprint density at radius 1 is 0.828 bits per heavy atom. The zero-order chi connectivity index (χ0) is 20.3. The highest BCUT2D eigenvalue weighted by Gasteiger charge is 2.20. The molecule has 0 aromatic heterocycles. The molecule has 0 saturated heterocycles. The Labute approximate surface area is 168 Å². The predicted molar refractivity (Wildman–Crippen MR) is 103 cm³/mol. The van der Waals surface area contributed by atoms with Gasteiger partial charge in [-0.1, -0.05) is 6.07 Å². The van der Waals surface area contributed by atoms with Crippen LogP contribution in [0.25, 0.3) is 0 Å². The van der Waals surface area contributed by atoms with Gasteiger partial charge >= 0.3 is 0 Å². The number of ether oxygens (including phenoxy) is 4. The van der Waals surface area contributed by atoms with E-state index in [1.165, 1.54) is 12.1 Å². The lowest BCUT2D eigenvalue weighted by atomic mass is 10.2. The van der Waals surface area contributed by atoms with Gasteiger partial charge in [0.2, 0.25) is 5.91 Å². The summed E-state index contributed by atoms with van der Waals surface area (Å²) in [4.78, 5) is 12.3. The number of carbonyl (C=O) groups is 1. The fourth-order valence-corrected chi connectivity index (χ4v) is 4.30. The van der Waals surface area contributed by atoms with Gasteiger partial charge in [-0.2, -0.15) is 0 Å². The Kier molecular flexibility index (Phi) is 5.48. The van der Waals surface area contributed by atoms with E-state index in [1.54, 1.807) is 18.2 Å². The van der Waals surface area contributed by atoms with Crippen LogP contribution in [-0.2, 0) is 21.2 Å². The molecule has 0 atom stereocenters. The second kappa shape index (κ2) is 8.20. The molecule has 0 bridgehead atoms.